The van der Waals surface area contributed by atoms with Gasteiger partial charge in [-0.2, -0.15) is 0 Å². The van der Waals surface area contributed by atoms with E-state index in [9.17, 15) is 4.79 Å². The molecule has 0 atom stereocenters. The van der Waals surface area contributed by atoms with Gasteiger partial charge in [-0.15, -0.1) is 0 Å². The Balaban J connectivity index is 1.80. The first-order valence-electron chi connectivity index (χ1n) is 6.96. The van der Waals surface area contributed by atoms with Crippen LogP contribution in [0.5, 0.6) is 0 Å². The average molecular weight is 359 g/mol. The summed E-state index contributed by atoms with van der Waals surface area (Å²) in [6, 6.07) is 22.5. The Bertz CT molecular complexity index is 830. The van der Waals surface area contributed by atoms with Crippen molar-refractivity contribution in [2.75, 3.05) is 0 Å². The number of hydrogen-bond donors (Lipinski definition) is 0. The number of benzene rings is 3. The number of hydrogen-bond acceptors (Lipinski definition) is 2. The molecular formula is C19H12Cl2OS. The molecule has 0 bridgehead atoms. The summed E-state index contributed by atoms with van der Waals surface area (Å²) < 4.78 is 0. The minimum atomic E-state index is -0.108. The number of carbonyl (C=O) groups is 1. The predicted molar refractivity (Wildman–Crippen MR) is 96.9 cm³/mol. The molecule has 0 unspecified atom stereocenters. The third-order valence-electron chi connectivity index (χ3n) is 3.27. The van der Waals surface area contributed by atoms with E-state index in [-0.39, 0.29) is 5.78 Å². The van der Waals surface area contributed by atoms with Crippen LogP contribution in [0.1, 0.15) is 15.9 Å². The van der Waals surface area contributed by atoms with Crippen molar-refractivity contribution in [3.63, 3.8) is 0 Å². The quantitative estimate of drug-likeness (QED) is 0.503. The molecule has 0 amide bonds. The second-order valence-electron chi connectivity index (χ2n) is 4.89. The van der Waals surface area contributed by atoms with Gasteiger partial charge < -0.3 is 0 Å². The maximum absolute atomic E-state index is 12.5. The molecule has 114 valence electrons. The molecule has 0 saturated heterocycles. The zero-order valence-corrected chi connectivity index (χ0v) is 14.3. The first kappa shape index (κ1) is 16.1. The lowest BCUT2D eigenvalue weighted by atomic mass is 10.0. The molecule has 0 aromatic heterocycles. The summed E-state index contributed by atoms with van der Waals surface area (Å²) in [4.78, 5) is 14.8. The van der Waals surface area contributed by atoms with E-state index < -0.39 is 0 Å². The Hall–Kier alpha value is -1.74. The Morgan fingerprint density at radius 1 is 0.783 bits per heavy atom. The van der Waals surface area contributed by atoms with Gasteiger partial charge in [0.05, 0.1) is 5.02 Å². The van der Waals surface area contributed by atoms with Crippen molar-refractivity contribution in [3.8, 4) is 0 Å². The van der Waals surface area contributed by atoms with Gasteiger partial charge in [-0.25, -0.2) is 0 Å². The summed E-state index contributed by atoms with van der Waals surface area (Å²) >= 11 is 13.6. The molecule has 3 rings (SSSR count). The molecule has 23 heavy (non-hydrogen) atoms. The second-order valence-corrected chi connectivity index (χ2v) is 6.88. The van der Waals surface area contributed by atoms with Gasteiger partial charge in [0.15, 0.2) is 5.78 Å². The minimum absolute atomic E-state index is 0.108. The summed E-state index contributed by atoms with van der Waals surface area (Å²) in [6.07, 6.45) is 0. The third-order valence-corrected chi connectivity index (χ3v) is 4.83. The minimum Gasteiger partial charge on any atom is -0.289 e. The van der Waals surface area contributed by atoms with Crippen LogP contribution in [0.4, 0.5) is 0 Å². The fourth-order valence-electron chi connectivity index (χ4n) is 2.13. The molecule has 0 radical (unpaired) electrons. The summed E-state index contributed by atoms with van der Waals surface area (Å²) in [5.74, 6) is -0.108. The van der Waals surface area contributed by atoms with Gasteiger partial charge in [0.2, 0.25) is 0 Å². The van der Waals surface area contributed by atoms with E-state index in [1.165, 1.54) is 0 Å². The molecule has 0 fully saturated rings. The predicted octanol–water partition coefficient (Wildman–Crippen LogP) is 6.38. The molecular weight excluding hydrogens is 347 g/mol. The zero-order valence-electron chi connectivity index (χ0n) is 12.0. The maximum atomic E-state index is 12.5. The standard InChI is InChI=1S/C19H12Cl2OS/c20-14-8-11-17(18(21)12-14)19(22)13-6-9-16(10-7-13)23-15-4-2-1-3-5-15/h1-12H. The second kappa shape index (κ2) is 7.22. The van der Waals surface area contributed by atoms with Crippen molar-refractivity contribution in [2.24, 2.45) is 0 Å². The van der Waals surface area contributed by atoms with Gasteiger partial charge in [-0.3, -0.25) is 4.79 Å². The first-order valence-corrected chi connectivity index (χ1v) is 8.53. The lowest BCUT2D eigenvalue weighted by Crippen LogP contribution is -2.01. The van der Waals surface area contributed by atoms with Crippen molar-refractivity contribution in [2.45, 2.75) is 9.79 Å². The fraction of sp³-hybridized carbons (Fsp3) is 0. The number of ketones is 1. The van der Waals surface area contributed by atoms with Gasteiger partial charge in [0, 0.05) is 25.9 Å². The Morgan fingerprint density at radius 2 is 1.43 bits per heavy atom. The lowest BCUT2D eigenvalue weighted by molar-refractivity contribution is 0.103. The van der Waals surface area contributed by atoms with Crippen LogP contribution >= 0.6 is 35.0 Å². The summed E-state index contributed by atoms with van der Waals surface area (Å²) in [7, 11) is 0. The highest BCUT2D eigenvalue weighted by molar-refractivity contribution is 7.99. The van der Waals surface area contributed by atoms with Gasteiger partial charge in [0.1, 0.15) is 0 Å². The van der Waals surface area contributed by atoms with E-state index >= 15 is 0 Å². The van der Waals surface area contributed by atoms with Crippen LogP contribution in [-0.4, -0.2) is 5.78 Å². The van der Waals surface area contributed by atoms with E-state index in [4.69, 9.17) is 23.2 Å². The number of carbonyl (C=O) groups excluding carboxylic acids is 1. The largest absolute Gasteiger partial charge is 0.289 e. The summed E-state index contributed by atoms with van der Waals surface area (Å²) in [5.41, 5.74) is 1.06. The molecule has 0 saturated carbocycles. The van der Waals surface area contributed by atoms with Crippen LogP contribution in [-0.2, 0) is 0 Å². The van der Waals surface area contributed by atoms with E-state index in [0.29, 0.717) is 21.2 Å². The highest BCUT2D eigenvalue weighted by Crippen LogP contribution is 2.28. The molecule has 0 spiro atoms. The van der Waals surface area contributed by atoms with Crippen LogP contribution in [0.2, 0.25) is 10.0 Å². The smallest absolute Gasteiger partial charge is 0.194 e. The van der Waals surface area contributed by atoms with Crippen molar-refractivity contribution in [1.82, 2.24) is 0 Å². The Labute approximate surface area is 149 Å². The zero-order chi connectivity index (χ0) is 16.2. The van der Waals surface area contributed by atoms with Crippen LogP contribution in [0.3, 0.4) is 0 Å². The van der Waals surface area contributed by atoms with E-state index in [0.717, 1.165) is 9.79 Å². The van der Waals surface area contributed by atoms with Gasteiger partial charge in [-0.1, -0.05) is 53.2 Å². The van der Waals surface area contributed by atoms with Crippen molar-refractivity contribution in [1.29, 1.82) is 0 Å². The van der Waals surface area contributed by atoms with Gasteiger partial charge in [0.25, 0.3) is 0 Å². The molecule has 1 nitrogen and oxygen atoms in total. The molecule has 3 aromatic carbocycles. The van der Waals surface area contributed by atoms with Crippen molar-refractivity contribution in [3.05, 3.63) is 94.0 Å². The lowest BCUT2D eigenvalue weighted by Gasteiger charge is -2.06. The topological polar surface area (TPSA) is 17.1 Å². The molecule has 0 heterocycles. The molecule has 0 N–H and O–H groups in total. The molecule has 0 aliphatic heterocycles. The summed E-state index contributed by atoms with van der Waals surface area (Å²) in [6.45, 7) is 0. The van der Waals surface area contributed by atoms with Crippen molar-refractivity contribution < 1.29 is 4.79 Å². The summed E-state index contributed by atoms with van der Waals surface area (Å²) in [5, 5.41) is 0.881. The van der Waals surface area contributed by atoms with E-state index in [1.54, 1.807) is 30.0 Å². The van der Waals surface area contributed by atoms with Gasteiger partial charge >= 0.3 is 0 Å². The molecule has 3 aromatic rings. The first-order chi connectivity index (χ1) is 11.1. The van der Waals surface area contributed by atoms with Crippen LogP contribution in [0.25, 0.3) is 0 Å². The Morgan fingerprint density at radius 3 is 2.09 bits per heavy atom. The Kier molecular flexibility index (Phi) is 5.06. The normalized spacial score (nSPS) is 10.5. The average Bonchev–Trinajstić information content (AvgIpc) is 2.56. The molecule has 4 heteroatoms. The maximum Gasteiger partial charge on any atom is 0.194 e. The highest BCUT2D eigenvalue weighted by Gasteiger charge is 2.13. The number of rotatable bonds is 4. The highest BCUT2D eigenvalue weighted by atomic mass is 35.5. The molecule has 0 aliphatic carbocycles. The number of halogens is 2. The van der Waals surface area contributed by atoms with Gasteiger partial charge in [-0.05, 0) is 54.6 Å². The third kappa shape index (κ3) is 3.97. The monoisotopic (exact) mass is 358 g/mol. The fourth-order valence-corrected chi connectivity index (χ4v) is 3.46. The van der Waals surface area contributed by atoms with Crippen LogP contribution in [0, 0.1) is 0 Å². The van der Waals surface area contributed by atoms with Crippen molar-refractivity contribution >= 4 is 40.7 Å². The van der Waals surface area contributed by atoms with E-state index in [2.05, 4.69) is 12.1 Å². The van der Waals surface area contributed by atoms with Crippen LogP contribution < -0.4 is 0 Å². The van der Waals surface area contributed by atoms with Crippen LogP contribution in [0.15, 0.2) is 82.6 Å². The molecule has 0 aliphatic rings. The SMILES string of the molecule is O=C(c1ccc(Sc2ccccc2)cc1)c1ccc(Cl)cc1Cl. The van der Waals surface area contributed by atoms with E-state index in [1.807, 2.05) is 42.5 Å².